The van der Waals surface area contributed by atoms with Crippen molar-refractivity contribution in [3.8, 4) is 16.9 Å². The molecule has 3 aromatic carbocycles. The Bertz CT molecular complexity index is 1330. The summed E-state index contributed by atoms with van der Waals surface area (Å²) in [7, 11) is 0. The summed E-state index contributed by atoms with van der Waals surface area (Å²) in [5, 5.41) is 0.726. The molecule has 0 radical (unpaired) electrons. The molecule has 0 saturated carbocycles. The molecule has 0 aliphatic carbocycles. The fourth-order valence-corrected chi connectivity index (χ4v) is 5.40. The first-order chi connectivity index (χ1) is 16.3. The van der Waals surface area contributed by atoms with Crippen LogP contribution in [0.25, 0.3) is 22.0 Å². The monoisotopic (exact) mass is 590 g/mol. The molecule has 8 heteroatoms. The molecule has 4 nitrogen and oxygen atoms in total. The molecule has 0 saturated heterocycles. The maximum atomic E-state index is 14.1. The average Bonchev–Trinajstić information content (AvgIpc) is 3.15. The van der Waals surface area contributed by atoms with E-state index in [1.807, 2.05) is 54.9 Å². The van der Waals surface area contributed by atoms with E-state index in [2.05, 4.69) is 31.9 Å². The molecule has 4 aromatic rings. The summed E-state index contributed by atoms with van der Waals surface area (Å²) < 4.78 is 37.9. The van der Waals surface area contributed by atoms with Crippen LogP contribution in [0.2, 0.25) is 0 Å². The molecule has 1 amide bonds. The van der Waals surface area contributed by atoms with E-state index in [0.29, 0.717) is 30.8 Å². The highest BCUT2D eigenvalue weighted by molar-refractivity contribution is 9.11. The Labute approximate surface area is 213 Å². The quantitative estimate of drug-likeness (QED) is 0.228. The van der Waals surface area contributed by atoms with E-state index >= 15 is 0 Å². The third-order valence-electron chi connectivity index (χ3n) is 5.56. The van der Waals surface area contributed by atoms with Gasteiger partial charge >= 0.3 is 6.09 Å². The second-order valence-electron chi connectivity index (χ2n) is 7.79. The van der Waals surface area contributed by atoms with Crippen LogP contribution in [0.4, 0.5) is 13.6 Å². The van der Waals surface area contributed by atoms with E-state index < -0.39 is 17.7 Å². The maximum absolute atomic E-state index is 14.1. The van der Waals surface area contributed by atoms with Gasteiger partial charge in [-0.2, -0.15) is 0 Å². The Balaban J connectivity index is 1.85. The minimum atomic E-state index is -0.702. The van der Waals surface area contributed by atoms with Gasteiger partial charge in [-0.25, -0.2) is 13.6 Å². The molecule has 34 heavy (non-hydrogen) atoms. The van der Waals surface area contributed by atoms with Gasteiger partial charge in [0, 0.05) is 57.3 Å². The molecule has 176 valence electrons. The second-order valence-corrected chi connectivity index (χ2v) is 9.62. The first-order valence-corrected chi connectivity index (χ1v) is 12.4. The molecule has 0 aliphatic rings. The molecular formula is C26H22Br2F2N2O2. The third kappa shape index (κ3) is 5.18. The van der Waals surface area contributed by atoms with Gasteiger partial charge in [-0.3, -0.25) is 0 Å². The Kier molecular flexibility index (Phi) is 7.38. The lowest BCUT2D eigenvalue weighted by Gasteiger charge is -2.20. The van der Waals surface area contributed by atoms with Gasteiger partial charge in [-0.15, -0.1) is 0 Å². The van der Waals surface area contributed by atoms with Gasteiger partial charge in [0.1, 0.15) is 17.4 Å². The number of hydrogen-bond acceptors (Lipinski definition) is 2. The first-order valence-electron chi connectivity index (χ1n) is 10.8. The van der Waals surface area contributed by atoms with Crippen molar-refractivity contribution in [2.45, 2.75) is 20.4 Å². The second kappa shape index (κ2) is 10.3. The number of ether oxygens (including phenoxy) is 1. The summed E-state index contributed by atoms with van der Waals surface area (Å²) in [6, 6.07) is 14.7. The molecular weight excluding hydrogens is 570 g/mol. The van der Waals surface area contributed by atoms with Gasteiger partial charge in [0.15, 0.2) is 0 Å². The van der Waals surface area contributed by atoms with Crippen LogP contribution in [-0.2, 0) is 6.54 Å². The predicted octanol–water partition coefficient (Wildman–Crippen LogP) is 8.00. The molecule has 0 bridgehead atoms. The van der Waals surface area contributed by atoms with E-state index in [1.165, 1.54) is 17.0 Å². The molecule has 1 heterocycles. The van der Waals surface area contributed by atoms with Gasteiger partial charge in [0.25, 0.3) is 0 Å². The lowest BCUT2D eigenvalue weighted by molar-refractivity contribution is 0.157. The molecule has 1 aromatic heterocycles. The fraction of sp³-hybridized carbons (Fsp3) is 0.192. The molecule has 0 fully saturated rings. The van der Waals surface area contributed by atoms with Crippen LogP contribution in [0.3, 0.4) is 0 Å². The summed E-state index contributed by atoms with van der Waals surface area (Å²) in [6.45, 7) is 5.27. The van der Waals surface area contributed by atoms with Gasteiger partial charge in [0.05, 0.1) is 0 Å². The number of carbonyl (C=O) groups is 1. The van der Waals surface area contributed by atoms with Crippen molar-refractivity contribution >= 4 is 48.9 Å². The van der Waals surface area contributed by atoms with Gasteiger partial charge in [0.2, 0.25) is 0 Å². The highest BCUT2D eigenvalue weighted by Crippen LogP contribution is 2.39. The first kappa shape index (κ1) is 24.4. The van der Waals surface area contributed by atoms with E-state index in [4.69, 9.17) is 4.74 Å². The zero-order chi connectivity index (χ0) is 24.4. The highest BCUT2D eigenvalue weighted by Gasteiger charge is 2.20. The zero-order valence-electron chi connectivity index (χ0n) is 18.6. The number of hydrogen-bond donors (Lipinski definition) is 0. The van der Waals surface area contributed by atoms with Crippen LogP contribution in [0.5, 0.6) is 5.75 Å². The standard InChI is InChI=1S/C26H22Br2F2N2O2/c1-3-31(4-2)26(33)34-24-6-5-23-22(25(24)17-11-20(29)14-21(30)12-17)7-8-32(23)15-16-9-18(27)13-19(28)10-16/h5-14H,3-4,15H2,1-2H3. The van der Waals surface area contributed by atoms with Crippen LogP contribution in [-0.4, -0.2) is 28.6 Å². The zero-order valence-corrected chi connectivity index (χ0v) is 21.8. The lowest BCUT2D eigenvalue weighted by atomic mass is 10.00. The van der Waals surface area contributed by atoms with Gasteiger partial charge in [-0.1, -0.05) is 31.9 Å². The van der Waals surface area contributed by atoms with Crippen molar-refractivity contribution in [3.05, 3.63) is 86.9 Å². The minimum absolute atomic E-state index is 0.248. The molecule has 0 unspecified atom stereocenters. The molecule has 4 rings (SSSR count). The topological polar surface area (TPSA) is 34.5 Å². The fourth-order valence-electron chi connectivity index (χ4n) is 4.01. The lowest BCUT2D eigenvalue weighted by Crippen LogP contribution is -2.33. The number of rotatable bonds is 6. The Morgan fingerprint density at radius 2 is 1.59 bits per heavy atom. The summed E-state index contributed by atoms with van der Waals surface area (Å²) >= 11 is 7.03. The summed E-state index contributed by atoms with van der Waals surface area (Å²) in [4.78, 5) is 14.2. The van der Waals surface area contributed by atoms with Crippen molar-refractivity contribution < 1.29 is 18.3 Å². The van der Waals surface area contributed by atoms with E-state index in [1.54, 1.807) is 6.07 Å². The summed E-state index contributed by atoms with van der Waals surface area (Å²) in [5.74, 6) is -1.16. The molecule has 0 spiro atoms. The normalized spacial score (nSPS) is 11.1. The number of aromatic nitrogens is 1. The smallest absolute Gasteiger partial charge is 0.410 e. The minimum Gasteiger partial charge on any atom is -0.410 e. The number of fused-ring (bicyclic) bond motifs is 1. The number of carbonyl (C=O) groups excluding carboxylic acids is 1. The third-order valence-corrected chi connectivity index (χ3v) is 6.48. The summed E-state index contributed by atoms with van der Waals surface area (Å²) in [5.41, 5.74) is 2.67. The highest BCUT2D eigenvalue weighted by atomic mass is 79.9. The molecule has 0 atom stereocenters. The number of nitrogens with zero attached hydrogens (tertiary/aromatic N) is 2. The Hall–Kier alpha value is -2.71. The van der Waals surface area contributed by atoms with Crippen molar-refractivity contribution in [2.75, 3.05) is 13.1 Å². The Morgan fingerprint density at radius 1 is 0.941 bits per heavy atom. The van der Waals surface area contributed by atoms with Crippen LogP contribution >= 0.6 is 31.9 Å². The van der Waals surface area contributed by atoms with E-state index in [9.17, 15) is 13.6 Å². The van der Waals surface area contributed by atoms with E-state index in [0.717, 1.165) is 31.5 Å². The number of benzene rings is 3. The van der Waals surface area contributed by atoms with E-state index in [-0.39, 0.29) is 5.75 Å². The number of amides is 1. The SMILES string of the molecule is CCN(CC)C(=O)Oc1ccc2c(ccn2Cc2cc(Br)cc(Br)c2)c1-c1cc(F)cc(F)c1. The number of halogens is 4. The van der Waals surface area contributed by atoms with Gasteiger partial charge in [-0.05, 0) is 73.5 Å². The molecule has 0 aliphatic heterocycles. The molecule has 0 N–H and O–H groups in total. The Morgan fingerprint density at radius 3 is 2.21 bits per heavy atom. The average molecular weight is 592 g/mol. The van der Waals surface area contributed by atoms with Crippen molar-refractivity contribution in [2.24, 2.45) is 0 Å². The van der Waals surface area contributed by atoms with Crippen molar-refractivity contribution in [3.63, 3.8) is 0 Å². The largest absolute Gasteiger partial charge is 0.415 e. The van der Waals surface area contributed by atoms with Gasteiger partial charge < -0.3 is 14.2 Å². The van der Waals surface area contributed by atoms with Crippen LogP contribution in [0.1, 0.15) is 19.4 Å². The van der Waals surface area contributed by atoms with Crippen molar-refractivity contribution in [1.82, 2.24) is 9.47 Å². The van der Waals surface area contributed by atoms with Crippen molar-refractivity contribution in [1.29, 1.82) is 0 Å². The van der Waals surface area contributed by atoms with Crippen LogP contribution < -0.4 is 4.74 Å². The van der Waals surface area contributed by atoms with Crippen LogP contribution in [0.15, 0.2) is 69.7 Å². The predicted molar refractivity (Wildman–Crippen MR) is 137 cm³/mol. The van der Waals surface area contributed by atoms with Crippen LogP contribution in [0, 0.1) is 11.6 Å². The summed E-state index contributed by atoms with van der Waals surface area (Å²) in [6.07, 6.45) is 1.40. The maximum Gasteiger partial charge on any atom is 0.415 e.